The topological polar surface area (TPSA) is 0 Å². The highest BCUT2D eigenvalue weighted by molar-refractivity contribution is 8.00. The molecular formula is C14H18SSi. The van der Waals surface area contributed by atoms with E-state index in [0.29, 0.717) is 5.25 Å². The van der Waals surface area contributed by atoms with E-state index in [0.717, 1.165) is 12.8 Å². The second kappa shape index (κ2) is 4.31. The van der Waals surface area contributed by atoms with Crippen LogP contribution < -0.4 is 5.19 Å². The quantitative estimate of drug-likeness (QED) is 0.541. The van der Waals surface area contributed by atoms with Gasteiger partial charge in [-0.25, -0.2) is 0 Å². The lowest BCUT2D eigenvalue weighted by Gasteiger charge is -2.24. The zero-order chi connectivity index (χ0) is 11.8. The summed E-state index contributed by atoms with van der Waals surface area (Å²) in [4.78, 5) is 1.40. The first kappa shape index (κ1) is 11.8. The maximum atomic E-state index is 5.50. The zero-order valence-electron chi connectivity index (χ0n) is 10.2. The van der Waals surface area contributed by atoms with Crippen molar-refractivity contribution in [2.24, 2.45) is 0 Å². The van der Waals surface area contributed by atoms with Crippen molar-refractivity contribution in [2.45, 2.75) is 42.6 Å². The van der Waals surface area contributed by atoms with E-state index in [1.54, 1.807) is 5.19 Å². The smallest absolute Gasteiger partial charge is 0.0776 e. The summed E-state index contributed by atoms with van der Waals surface area (Å²) in [5.74, 6) is 2.86. The zero-order valence-corrected chi connectivity index (χ0v) is 12.0. The Kier molecular flexibility index (Phi) is 3.19. The number of thioether (sulfide) groups is 1. The van der Waals surface area contributed by atoms with Crippen LogP contribution in [0.5, 0.6) is 0 Å². The normalized spacial score (nSPS) is 20.0. The lowest BCUT2D eigenvalue weighted by molar-refractivity contribution is 0.834. The summed E-state index contributed by atoms with van der Waals surface area (Å²) in [6, 6.07) is 7.00. The Morgan fingerprint density at radius 2 is 2.12 bits per heavy atom. The summed E-state index contributed by atoms with van der Waals surface area (Å²) in [5.41, 5.74) is 1.51. The van der Waals surface area contributed by atoms with Crippen LogP contribution in [0.1, 0.15) is 12.0 Å². The van der Waals surface area contributed by atoms with Gasteiger partial charge in [-0.3, -0.25) is 0 Å². The molecule has 2 heteroatoms. The molecular weight excluding hydrogens is 228 g/mol. The van der Waals surface area contributed by atoms with Crippen LogP contribution >= 0.6 is 11.8 Å². The largest absolute Gasteiger partial charge is 0.119 e. The molecule has 0 radical (unpaired) electrons. The molecule has 2 rings (SSSR count). The van der Waals surface area contributed by atoms with E-state index in [2.05, 4.69) is 43.8 Å². The van der Waals surface area contributed by atoms with Crippen LogP contribution in [-0.2, 0) is 6.42 Å². The van der Waals surface area contributed by atoms with Crippen LogP contribution in [0.25, 0.3) is 0 Å². The third-order valence-corrected chi connectivity index (χ3v) is 6.41. The SMILES string of the molecule is C#CC1CCc2cc([Si](C)(C)C)ccc2S1. The number of hydrogen-bond donors (Lipinski definition) is 0. The Bertz CT molecular complexity index is 437. The molecule has 0 spiro atoms. The Morgan fingerprint density at radius 1 is 1.38 bits per heavy atom. The van der Waals surface area contributed by atoms with Crippen LogP contribution in [0.4, 0.5) is 0 Å². The highest BCUT2D eigenvalue weighted by Crippen LogP contribution is 2.34. The van der Waals surface area contributed by atoms with Crippen molar-refractivity contribution in [1.82, 2.24) is 0 Å². The third-order valence-electron chi connectivity index (χ3n) is 3.06. The number of rotatable bonds is 1. The van der Waals surface area contributed by atoms with Gasteiger partial charge < -0.3 is 0 Å². The number of hydrogen-bond acceptors (Lipinski definition) is 1. The average molecular weight is 246 g/mol. The van der Waals surface area contributed by atoms with Crippen LogP contribution in [0.15, 0.2) is 23.1 Å². The Labute approximate surface area is 104 Å². The number of aryl methyl sites for hydroxylation is 1. The van der Waals surface area contributed by atoms with Gasteiger partial charge in [0.05, 0.1) is 13.3 Å². The van der Waals surface area contributed by atoms with Crippen molar-refractivity contribution in [3.8, 4) is 12.3 Å². The summed E-state index contributed by atoms with van der Waals surface area (Å²) in [6.07, 6.45) is 7.77. The Balaban J connectivity index is 2.33. The first-order valence-electron chi connectivity index (χ1n) is 5.77. The molecule has 1 unspecified atom stereocenters. The number of benzene rings is 1. The first-order chi connectivity index (χ1) is 7.50. The third kappa shape index (κ3) is 2.36. The van der Waals surface area contributed by atoms with Crippen molar-refractivity contribution in [1.29, 1.82) is 0 Å². The fourth-order valence-electron chi connectivity index (χ4n) is 1.97. The number of terminal acetylenes is 1. The Hall–Kier alpha value is -0.653. The predicted octanol–water partition coefficient (Wildman–Crippen LogP) is 3.27. The van der Waals surface area contributed by atoms with E-state index >= 15 is 0 Å². The van der Waals surface area contributed by atoms with Gasteiger partial charge in [-0.15, -0.1) is 18.2 Å². The summed E-state index contributed by atoms with van der Waals surface area (Å²) >= 11 is 1.86. The van der Waals surface area contributed by atoms with Crippen molar-refractivity contribution in [2.75, 3.05) is 0 Å². The summed E-state index contributed by atoms with van der Waals surface area (Å²) in [7, 11) is -1.17. The molecule has 16 heavy (non-hydrogen) atoms. The van der Waals surface area contributed by atoms with Crippen LogP contribution in [0, 0.1) is 12.3 Å². The molecule has 1 heterocycles. The molecule has 1 aliphatic heterocycles. The van der Waals surface area contributed by atoms with E-state index in [1.807, 2.05) is 11.8 Å². The lowest BCUT2D eigenvalue weighted by atomic mass is 10.1. The van der Waals surface area contributed by atoms with Gasteiger partial charge in [0.1, 0.15) is 0 Å². The fraction of sp³-hybridized carbons (Fsp3) is 0.429. The van der Waals surface area contributed by atoms with Gasteiger partial charge in [-0.05, 0) is 24.5 Å². The van der Waals surface area contributed by atoms with Gasteiger partial charge in [0, 0.05) is 4.90 Å². The van der Waals surface area contributed by atoms with Gasteiger partial charge in [0.15, 0.2) is 0 Å². The standard InChI is InChI=1S/C14H18SSi/c1-5-12-7-6-11-10-13(16(2,3)4)8-9-14(11)15-12/h1,8-10,12H,6-7H2,2-4H3. The summed E-state index contributed by atoms with van der Waals surface area (Å²) in [6.45, 7) is 7.19. The maximum Gasteiger partial charge on any atom is 0.0776 e. The van der Waals surface area contributed by atoms with E-state index in [4.69, 9.17) is 6.42 Å². The van der Waals surface area contributed by atoms with Gasteiger partial charge >= 0.3 is 0 Å². The predicted molar refractivity (Wildman–Crippen MR) is 76.2 cm³/mol. The van der Waals surface area contributed by atoms with Crippen LogP contribution in [0.3, 0.4) is 0 Å². The molecule has 0 saturated heterocycles. The molecule has 0 fully saturated rings. The van der Waals surface area contributed by atoms with E-state index in [-0.39, 0.29) is 0 Å². The average Bonchev–Trinajstić information content (AvgIpc) is 2.26. The van der Waals surface area contributed by atoms with E-state index in [9.17, 15) is 0 Å². The summed E-state index contributed by atoms with van der Waals surface area (Å²) < 4.78 is 0. The molecule has 1 aromatic carbocycles. The molecule has 0 aromatic heterocycles. The van der Waals surface area contributed by atoms with Crippen LogP contribution in [0.2, 0.25) is 19.6 Å². The van der Waals surface area contributed by atoms with Crippen molar-refractivity contribution in [3.63, 3.8) is 0 Å². The second-order valence-electron chi connectivity index (χ2n) is 5.38. The highest BCUT2D eigenvalue weighted by Gasteiger charge is 2.21. The highest BCUT2D eigenvalue weighted by atomic mass is 32.2. The first-order valence-corrected chi connectivity index (χ1v) is 10.1. The molecule has 0 amide bonds. The molecule has 0 nitrogen and oxygen atoms in total. The minimum atomic E-state index is -1.17. The Morgan fingerprint density at radius 3 is 2.75 bits per heavy atom. The molecule has 84 valence electrons. The minimum Gasteiger partial charge on any atom is -0.119 e. The summed E-state index contributed by atoms with van der Waals surface area (Å²) in [5, 5.41) is 1.94. The van der Waals surface area contributed by atoms with Crippen LogP contribution in [-0.4, -0.2) is 13.3 Å². The molecule has 0 aliphatic carbocycles. The van der Waals surface area contributed by atoms with Gasteiger partial charge in [-0.1, -0.05) is 42.9 Å². The van der Waals surface area contributed by atoms with Gasteiger partial charge in [-0.2, -0.15) is 0 Å². The molecule has 0 saturated carbocycles. The minimum absolute atomic E-state index is 0.380. The van der Waals surface area contributed by atoms with Crippen molar-refractivity contribution >= 4 is 25.0 Å². The molecule has 0 N–H and O–H groups in total. The second-order valence-corrected chi connectivity index (χ2v) is 11.7. The fourth-order valence-corrected chi connectivity index (χ4v) is 4.23. The number of fused-ring (bicyclic) bond motifs is 1. The molecule has 1 aromatic rings. The maximum absolute atomic E-state index is 5.50. The molecule has 1 atom stereocenters. The lowest BCUT2D eigenvalue weighted by Crippen LogP contribution is -2.37. The van der Waals surface area contributed by atoms with Crippen molar-refractivity contribution < 1.29 is 0 Å². The van der Waals surface area contributed by atoms with Gasteiger partial charge in [0.2, 0.25) is 0 Å². The van der Waals surface area contributed by atoms with Gasteiger partial charge in [0.25, 0.3) is 0 Å². The monoisotopic (exact) mass is 246 g/mol. The van der Waals surface area contributed by atoms with E-state index in [1.165, 1.54) is 10.5 Å². The van der Waals surface area contributed by atoms with Crippen molar-refractivity contribution in [3.05, 3.63) is 23.8 Å². The molecule has 0 bridgehead atoms. The molecule has 1 aliphatic rings. The van der Waals surface area contributed by atoms with E-state index < -0.39 is 8.07 Å².